The number of hydrogen-bond donors (Lipinski definition) is 0. The first-order valence-electron chi connectivity index (χ1n) is 12.8. The molecule has 1 saturated heterocycles. The lowest BCUT2D eigenvalue weighted by Crippen LogP contribution is -2.65. The van der Waals surface area contributed by atoms with Crippen molar-refractivity contribution < 1.29 is 79.2 Å². The molecule has 0 amide bonds. The molecule has 0 aromatic rings. The minimum atomic E-state index is -5.26. The van der Waals surface area contributed by atoms with Crippen LogP contribution in [0.2, 0.25) is 0 Å². The van der Waals surface area contributed by atoms with Gasteiger partial charge in [0.1, 0.15) is 6.10 Å². The minimum absolute atomic E-state index is 0.791. The Morgan fingerprint density at radius 2 is 1.05 bits per heavy atom. The van der Waals surface area contributed by atoms with Gasteiger partial charge in [-0.3, -0.25) is 37.6 Å². The molecule has 1 aliphatic rings. The van der Waals surface area contributed by atoms with E-state index in [1.807, 2.05) is 0 Å². The van der Waals surface area contributed by atoms with Crippen LogP contribution in [0.1, 0.15) is 62.3 Å². The van der Waals surface area contributed by atoms with Crippen LogP contribution in [-0.2, 0) is 66.0 Å². The lowest BCUT2D eigenvalue weighted by Gasteiger charge is -2.45. The molecule has 0 aromatic heterocycles. The summed E-state index contributed by atoms with van der Waals surface area (Å²) in [6.07, 6.45) is -17.8. The van der Waals surface area contributed by atoms with Gasteiger partial charge in [0.25, 0.3) is 0 Å². The fourth-order valence-electron chi connectivity index (χ4n) is 3.42. The first kappa shape index (κ1) is 38.3. The molecule has 248 valence electrons. The first-order chi connectivity index (χ1) is 19.4. The van der Waals surface area contributed by atoms with Crippen molar-refractivity contribution in [2.75, 3.05) is 19.7 Å². The maximum Gasteiger partial charge on any atom is 0.418 e. The van der Waals surface area contributed by atoms with Gasteiger partial charge >= 0.3 is 43.6 Å². The van der Waals surface area contributed by atoms with Gasteiger partial charge < -0.3 is 28.4 Å². The molecule has 43 heavy (non-hydrogen) atoms. The predicted octanol–water partition coefficient (Wildman–Crippen LogP) is 3.43. The molecular weight excluding hydrogens is 612 g/mol. The van der Waals surface area contributed by atoms with E-state index in [9.17, 15) is 41.7 Å². The number of carbonyl (C=O) groups excluding carboxylic acids is 5. The van der Waals surface area contributed by atoms with Crippen molar-refractivity contribution in [3.8, 4) is 0 Å². The monoisotopic (exact) mass is 650 g/mol. The van der Waals surface area contributed by atoms with Gasteiger partial charge in [-0.1, -0.05) is 0 Å². The van der Waals surface area contributed by atoms with Crippen LogP contribution in [0.15, 0.2) is 0 Å². The molecule has 0 N–H and O–H groups in total. The molecular formula is C25H38F3O14P. The summed E-state index contributed by atoms with van der Waals surface area (Å²) in [5, 5.41) is 0. The fourth-order valence-corrected chi connectivity index (χ4v) is 4.87. The molecule has 14 nitrogen and oxygen atoms in total. The van der Waals surface area contributed by atoms with Crippen LogP contribution in [0.3, 0.4) is 0 Å². The Balaban J connectivity index is 3.53. The van der Waals surface area contributed by atoms with E-state index in [1.54, 1.807) is 0 Å². The van der Waals surface area contributed by atoms with Crippen molar-refractivity contribution in [3.63, 3.8) is 0 Å². The largest absolute Gasteiger partial charge is 0.456 e. The second-order valence-corrected chi connectivity index (χ2v) is 13.6. The quantitative estimate of drug-likeness (QED) is 0.138. The summed E-state index contributed by atoms with van der Waals surface area (Å²) in [5.74, 6) is -5.04. The standard InChI is InChI=1S/C25H38F3O14P/c1-13(29)39-17-16(42-20(25(26,27)28)19(41-15(3)31)18(17)40-14(2)30)10-43(34,37-11-35-21(32)23(4,5)6)38-12-36-22(33)24(7,8)9/h16-20H,10-12H2,1-9H3/t16-,17-,18+,19+,20-/m1/s1. The zero-order chi connectivity index (χ0) is 33.6. The smallest absolute Gasteiger partial charge is 0.418 e. The van der Waals surface area contributed by atoms with Crippen molar-refractivity contribution in [1.29, 1.82) is 0 Å². The second-order valence-electron chi connectivity index (χ2n) is 11.5. The van der Waals surface area contributed by atoms with E-state index in [1.165, 1.54) is 41.5 Å². The highest BCUT2D eigenvalue weighted by Gasteiger charge is 2.61. The number of alkyl halides is 3. The van der Waals surface area contributed by atoms with Gasteiger partial charge in [0.15, 0.2) is 24.4 Å². The highest BCUT2D eigenvalue weighted by Crippen LogP contribution is 2.51. The lowest BCUT2D eigenvalue weighted by molar-refractivity contribution is -0.312. The second kappa shape index (κ2) is 14.8. The summed E-state index contributed by atoms with van der Waals surface area (Å²) < 4.78 is 96.4. The van der Waals surface area contributed by atoms with Crippen LogP contribution >= 0.6 is 7.60 Å². The lowest BCUT2D eigenvalue weighted by atomic mass is 9.94. The Labute approximate surface area is 246 Å². The Hall–Kier alpha value is -2.75. The Bertz CT molecular complexity index is 1040. The van der Waals surface area contributed by atoms with Crippen molar-refractivity contribution in [2.45, 2.75) is 99.0 Å². The summed E-state index contributed by atoms with van der Waals surface area (Å²) >= 11 is 0. The van der Waals surface area contributed by atoms with E-state index in [0.29, 0.717) is 0 Å². The average molecular weight is 651 g/mol. The third-order valence-electron chi connectivity index (χ3n) is 5.37. The van der Waals surface area contributed by atoms with E-state index in [0.717, 1.165) is 20.8 Å². The number of esters is 5. The maximum atomic E-state index is 14.1. The number of ether oxygens (including phenoxy) is 6. The van der Waals surface area contributed by atoms with Gasteiger partial charge in [0.2, 0.25) is 13.6 Å². The van der Waals surface area contributed by atoms with E-state index in [2.05, 4.69) is 0 Å². The number of hydrogen-bond acceptors (Lipinski definition) is 14. The topological polar surface area (TPSA) is 176 Å². The molecule has 0 bridgehead atoms. The third kappa shape index (κ3) is 12.4. The molecule has 0 aliphatic carbocycles. The van der Waals surface area contributed by atoms with E-state index >= 15 is 0 Å². The van der Waals surface area contributed by atoms with E-state index < -0.39 is 105 Å². The Morgan fingerprint density at radius 3 is 1.40 bits per heavy atom. The minimum Gasteiger partial charge on any atom is -0.456 e. The van der Waals surface area contributed by atoms with Gasteiger partial charge in [-0.15, -0.1) is 0 Å². The molecule has 5 atom stereocenters. The Morgan fingerprint density at radius 1 is 0.674 bits per heavy atom. The summed E-state index contributed by atoms with van der Waals surface area (Å²) in [6.45, 7) is 9.49. The van der Waals surface area contributed by atoms with Crippen LogP contribution in [0.4, 0.5) is 13.2 Å². The van der Waals surface area contributed by atoms with Gasteiger partial charge in [0, 0.05) is 20.8 Å². The molecule has 1 rings (SSSR count). The van der Waals surface area contributed by atoms with Crippen LogP contribution < -0.4 is 0 Å². The summed E-state index contributed by atoms with van der Waals surface area (Å²) in [5.41, 5.74) is -2.04. The van der Waals surface area contributed by atoms with Gasteiger partial charge in [-0.2, -0.15) is 13.2 Å². The normalized spacial score (nSPS) is 23.1. The van der Waals surface area contributed by atoms with Crippen molar-refractivity contribution in [3.05, 3.63) is 0 Å². The highest BCUT2D eigenvalue weighted by molar-refractivity contribution is 7.53. The summed E-state index contributed by atoms with van der Waals surface area (Å²) in [4.78, 5) is 59.8. The zero-order valence-corrected chi connectivity index (χ0v) is 26.2. The van der Waals surface area contributed by atoms with Crippen LogP contribution in [0.5, 0.6) is 0 Å². The maximum absolute atomic E-state index is 14.1. The van der Waals surface area contributed by atoms with Crippen LogP contribution in [0.25, 0.3) is 0 Å². The number of rotatable bonds is 11. The predicted molar refractivity (Wildman–Crippen MR) is 137 cm³/mol. The van der Waals surface area contributed by atoms with E-state index in [4.69, 9.17) is 37.5 Å². The summed E-state index contributed by atoms with van der Waals surface area (Å²) in [7, 11) is -4.76. The van der Waals surface area contributed by atoms with Gasteiger partial charge in [0.05, 0.1) is 17.0 Å². The molecule has 1 fully saturated rings. The van der Waals surface area contributed by atoms with Crippen molar-refractivity contribution in [2.24, 2.45) is 10.8 Å². The molecule has 0 radical (unpaired) electrons. The van der Waals surface area contributed by atoms with Crippen LogP contribution in [-0.4, -0.2) is 86.3 Å². The highest BCUT2D eigenvalue weighted by atomic mass is 31.2. The third-order valence-corrected chi connectivity index (χ3v) is 7.17. The molecule has 18 heteroatoms. The number of halogens is 3. The van der Waals surface area contributed by atoms with Crippen molar-refractivity contribution >= 4 is 37.4 Å². The van der Waals surface area contributed by atoms with E-state index in [-0.39, 0.29) is 0 Å². The molecule has 0 unspecified atom stereocenters. The molecule has 0 aromatic carbocycles. The Kier molecular flexibility index (Phi) is 13.2. The van der Waals surface area contributed by atoms with Crippen molar-refractivity contribution in [1.82, 2.24) is 0 Å². The SMILES string of the molecule is CC(=O)O[C@@H]1[C@H](OC(C)=O)[C@H](C(F)(F)F)O[C@H](CP(=O)(OCOC(=O)C(C)(C)C)OCOC(=O)C(C)(C)C)[C@H]1OC(C)=O. The fraction of sp³-hybridized carbons (Fsp3) is 0.800. The van der Waals surface area contributed by atoms with Gasteiger partial charge in [-0.25, -0.2) is 0 Å². The zero-order valence-electron chi connectivity index (χ0n) is 25.3. The van der Waals surface area contributed by atoms with Gasteiger partial charge in [-0.05, 0) is 41.5 Å². The van der Waals surface area contributed by atoms with Crippen LogP contribution in [0, 0.1) is 10.8 Å². The average Bonchev–Trinajstić information content (AvgIpc) is 2.79. The molecule has 1 heterocycles. The first-order valence-corrected chi connectivity index (χ1v) is 14.6. The molecule has 1 aliphatic heterocycles. The number of carbonyl (C=O) groups is 5. The summed E-state index contributed by atoms with van der Waals surface area (Å²) in [6, 6.07) is 0. The molecule has 0 spiro atoms. The molecule has 0 saturated carbocycles.